The van der Waals surface area contributed by atoms with Crippen molar-refractivity contribution in [2.75, 3.05) is 30.4 Å². The molecule has 2 amide bonds. The molecular formula is C30H34FN9O2. The molecule has 1 saturated carbocycles. The fourth-order valence-electron chi connectivity index (χ4n) is 5.45. The summed E-state index contributed by atoms with van der Waals surface area (Å²) in [5.41, 5.74) is 2.75. The summed E-state index contributed by atoms with van der Waals surface area (Å²) in [6.45, 7) is 5.22. The first-order valence-electron chi connectivity index (χ1n) is 14.3. The van der Waals surface area contributed by atoms with E-state index in [0.29, 0.717) is 54.7 Å². The monoisotopic (exact) mass is 571 g/mol. The molecule has 0 radical (unpaired) electrons. The molecule has 0 atom stereocenters. The van der Waals surface area contributed by atoms with Crippen LogP contribution in [0.25, 0.3) is 17.2 Å². The molecule has 2 aliphatic rings. The number of anilines is 2. The third-order valence-electron chi connectivity index (χ3n) is 7.99. The quantitative estimate of drug-likeness (QED) is 0.323. The number of hydrogen-bond donors (Lipinski definition) is 2. The number of benzene rings is 1. The molecule has 4 heterocycles. The van der Waals surface area contributed by atoms with Gasteiger partial charge >= 0.3 is 0 Å². The van der Waals surface area contributed by atoms with Crippen LogP contribution < -0.4 is 15.5 Å². The van der Waals surface area contributed by atoms with Crippen molar-refractivity contribution < 1.29 is 14.0 Å². The van der Waals surface area contributed by atoms with E-state index < -0.39 is 11.7 Å². The Balaban J connectivity index is 1.30. The molecule has 1 saturated heterocycles. The van der Waals surface area contributed by atoms with Crippen molar-refractivity contribution in [3.05, 3.63) is 66.3 Å². The molecule has 4 aromatic rings. The minimum atomic E-state index is -0.641. The minimum Gasteiger partial charge on any atom is -0.370 e. The number of hydrogen-bond acceptors (Lipinski definition) is 7. The standard InChI is InChI=1S/C30H34FN9O2/c1-18(2)40-17-34-37-28(40)23-5-4-6-27(35-23)36-30(42)21-13-25(39-15-24(33-16-39)19-7-8-19)26(14-22(21)31)38-11-9-20(10-12-38)29(41)32-3/h4-6,13-20H,7-12H2,1-3H3,(H,32,41)(H,35,36,42). The maximum Gasteiger partial charge on any atom is 0.259 e. The number of carbonyl (C=O) groups is 2. The smallest absolute Gasteiger partial charge is 0.259 e. The lowest BCUT2D eigenvalue weighted by molar-refractivity contribution is -0.125. The van der Waals surface area contributed by atoms with Crippen molar-refractivity contribution in [1.82, 2.24) is 34.6 Å². The van der Waals surface area contributed by atoms with Crippen LogP contribution in [-0.4, -0.2) is 61.3 Å². The topological polar surface area (TPSA) is 123 Å². The summed E-state index contributed by atoms with van der Waals surface area (Å²) in [7, 11) is 1.64. The number of carbonyl (C=O) groups excluding carboxylic acids is 2. The van der Waals surface area contributed by atoms with Crippen LogP contribution in [-0.2, 0) is 4.79 Å². The van der Waals surface area contributed by atoms with E-state index in [0.717, 1.165) is 18.5 Å². The highest BCUT2D eigenvalue weighted by Crippen LogP contribution is 2.40. The van der Waals surface area contributed by atoms with Crippen LogP contribution in [0.3, 0.4) is 0 Å². The molecule has 1 aliphatic heterocycles. The fraction of sp³-hybridized carbons (Fsp3) is 0.400. The molecule has 0 spiro atoms. The molecule has 12 heteroatoms. The van der Waals surface area contributed by atoms with Gasteiger partial charge in [-0.1, -0.05) is 6.07 Å². The van der Waals surface area contributed by atoms with E-state index in [-0.39, 0.29) is 29.2 Å². The largest absolute Gasteiger partial charge is 0.370 e. The van der Waals surface area contributed by atoms with Crippen LogP contribution in [0.5, 0.6) is 0 Å². The van der Waals surface area contributed by atoms with E-state index in [9.17, 15) is 9.59 Å². The third kappa shape index (κ3) is 5.48. The summed E-state index contributed by atoms with van der Waals surface area (Å²) in [4.78, 5) is 36.8. The SMILES string of the molecule is CNC(=O)C1CCN(c2cc(F)c(C(=O)Nc3cccc(-c4nncn4C(C)C)n3)cc2-n2cnc(C3CC3)c2)CC1. The molecule has 11 nitrogen and oxygen atoms in total. The van der Waals surface area contributed by atoms with Crippen LogP contribution in [0, 0.1) is 11.7 Å². The Bertz CT molecular complexity index is 1620. The summed E-state index contributed by atoms with van der Waals surface area (Å²) >= 11 is 0. The number of imidazole rings is 1. The van der Waals surface area contributed by atoms with Gasteiger partial charge in [-0.05, 0) is 57.7 Å². The number of nitrogens with zero attached hydrogens (tertiary/aromatic N) is 7. The first-order chi connectivity index (χ1) is 20.3. The average molecular weight is 572 g/mol. The van der Waals surface area contributed by atoms with Gasteiger partial charge in [0.25, 0.3) is 5.91 Å². The normalized spacial score (nSPS) is 15.7. The highest BCUT2D eigenvalue weighted by molar-refractivity contribution is 6.05. The van der Waals surface area contributed by atoms with Crippen molar-refractivity contribution in [2.24, 2.45) is 5.92 Å². The van der Waals surface area contributed by atoms with Gasteiger partial charge in [-0.2, -0.15) is 0 Å². The maximum absolute atomic E-state index is 15.7. The predicted octanol–water partition coefficient (Wildman–Crippen LogP) is 4.34. The van der Waals surface area contributed by atoms with Gasteiger partial charge in [0, 0.05) is 50.3 Å². The second kappa shape index (κ2) is 11.3. The molecule has 0 bridgehead atoms. The van der Waals surface area contributed by atoms with Crippen molar-refractivity contribution in [1.29, 1.82) is 0 Å². The van der Waals surface area contributed by atoms with E-state index in [2.05, 4.69) is 35.7 Å². The summed E-state index contributed by atoms with van der Waals surface area (Å²) in [6, 6.07) is 8.31. The first-order valence-corrected chi connectivity index (χ1v) is 14.3. The van der Waals surface area contributed by atoms with Crippen LogP contribution >= 0.6 is 0 Å². The number of amides is 2. The third-order valence-corrected chi connectivity index (χ3v) is 7.99. The summed E-state index contributed by atoms with van der Waals surface area (Å²) in [6.07, 6.45) is 8.85. The second-order valence-electron chi connectivity index (χ2n) is 11.2. The van der Waals surface area contributed by atoms with E-state index in [1.807, 2.05) is 29.2 Å². The molecule has 6 rings (SSSR count). The summed E-state index contributed by atoms with van der Waals surface area (Å²) in [5, 5.41) is 13.7. The zero-order valence-corrected chi connectivity index (χ0v) is 23.9. The summed E-state index contributed by atoms with van der Waals surface area (Å²) < 4.78 is 19.4. The number of rotatable bonds is 8. The number of pyridine rings is 1. The Morgan fingerprint density at radius 3 is 2.55 bits per heavy atom. The molecule has 0 unspecified atom stereocenters. The van der Waals surface area contributed by atoms with Crippen molar-refractivity contribution in [3.8, 4) is 17.2 Å². The van der Waals surface area contributed by atoms with Gasteiger partial charge in [0.1, 0.15) is 23.7 Å². The average Bonchev–Trinajstić information content (AvgIpc) is 3.51. The van der Waals surface area contributed by atoms with E-state index >= 15 is 4.39 Å². The highest BCUT2D eigenvalue weighted by Gasteiger charge is 2.29. The fourth-order valence-corrected chi connectivity index (χ4v) is 5.45. The molecule has 1 aromatic carbocycles. The highest BCUT2D eigenvalue weighted by atomic mass is 19.1. The van der Waals surface area contributed by atoms with Crippen LogP contribution in [0.15, 0.2) is 49.2 Å². The van der Waals surface area contributed by atoms with Gasteiger partial charge in [0.2, 0.25) is 5.91 Å². The second-order valence-corrected chi connectivity index (χ2v) is 11.2. The van der Waals surface area contributed by atoms with Gasteiger partial charge in [-0.25, -0.2) is 14.4 Å². The molecule has 42 heavy (non-hydrogen) atoms. The van der Waals surface area contributed by atoms with Gasteiger partial charge in [0.05, 0.1) is 29.0 Å². The van der Waals surface area contributed by atoms with Crippen molar-refractivity contribution >= 4 is 23.3 Å². The number of aromatic nitrogens is 6. The van der Waals surface area contributed by atoms with Crippen molar-refractivity contribution in [3.63, 3.8) is 0 Å². The molecule has 2 N–H and O–H groups in total. The lowest BCUT2D eigenvalue weighted by Crippen LogP contribution is -2.40. The maximum atomic E-state index is 15.7. The zero-order valence-electron chi connectivity index (χ0n) is 23.9. The Morgan fingerprint density at radius 2 is 1.83 bits per heavy atom. The van der Waals surface area contributed by atoms with Crippen LogP contribution in [0.2, 0.25) is 0 Å². The summed E-state index contributed by atoms with van der Waals surface area (Å²) in [5.74, 6) is -0.00706. The number of nitrogens with one attached hydrogen (secondary N) is 2. The molecule has 3 aromatic heterocycles. The van der Waals surface area contributed by atoms with Crippen LogP contribution in [0.1, 0.15) is 67.5 Å². The van der Waals surface area contributed by atoms with Gasteiger partial charge in [-0.15, -0.1) is 10.2 Å². The number of piperidine rings is 1. The lowest BCUT2D eigenvalue weighted by atomic mass is 9.95. The molecular weight excluding hydrogens is 537 g/mol. The van der Waals surface area contributed by atoms with Gasteiger partial charge < -0.3 is 24.7 Å². The Kier molecular flexibility index (Phi) is 7.44. The Labute approximate surface area is 243 Å². The minimum absolute atomic E-state index is 0.0267. The van der Waals surface area contributed by atoms with Crippen LogP contribution in [0.4, 0.5) is 15.9 Å². The zero-order chi connectivity index (χ0) is 29.4. The van der Waals surface area contributed by atoms with E-state index in [1.54, 1.807) is 44.0 Å². The first kappa shape index (κ1) is 27.6. The van der Waals surface area contributed by atoms with Gasteiger partial charge in [-0.3, -0.25) is 9.59 Å². The number of halogens is 1. The molecule has 2 fully saturated rings. The Hall–Kier alpha value is -4.61. The van der Waals surface area contributed by atoms with E-state index in [1.165, 1.54) is 6.07 Å². The molecule has 1 aliphatic carbocycles. The van der Waals surface area contributed by atoms with Crippen molar-refractivity contribution in [2.45, 2.75) is 51.5 Å². The molecule has 218 valence electrons. The van der Waals surface area contributed by atoms with Gasteiger partial charge in [0.15, 0.2) is 5.82 Å². The Morgan fingerprint density at radius 1 is 1.05 bits per heavy atom. The lowest BCUT2D eigenvalue weighted by Gasteiger charge is -2.34. The predicted molar refractivity (Wildman–Crippen MR) is 156 cm³/mol. The van der Waals surface area contributed by atoms with E-state index in [4.69, 9.17) is 0 Å².